The molecule has 6 aliphatic rings. The molecule has 0 aliphatic carbocycles. The fourth-order valence-electron chi connectivity index (χ4n) is 13.1. The monoisotopic (exact) mass is 1360 g/mol. The number of amidine groups is 3. The van der Waals surface area contributed by atoms with Gasteiger partial charge in [0.2, 0.25) is 17.8 Å². The smallest absolute Gasteiger partial charge is 0.387 e. The number of aliphatic imine (C=N–C) groups is 6. The minimum absolute atomic E-state index is 0. The lowest BCUT2D eigenvalue weighted by molar-refractivity contribution is -0.0505. The Hall–Kier alpha value is -11.6. The number of nitrogens with zero attached hydrogens (tertiary/aromatic N) is 12. The molecule has 100 heavy (non-hydrogen) atoms. The van der Waals surface area contributed by atoms with Crippen LogP contribution in [-0.4, -0.2) is 133 Å². The minimum Gasteiger partial charge on any atom is -0.435 e. The summed E-state index contributed by atoms with van der Waals surface area (Å²) >= 11 is 0. The normalized spacial score (nSPS) is 19.6. The average Bonchev–Trinajstić information content (AvgIpc) is 1.57. The van der Waals surface area contributed by atoms with Crippen LogP contribution in [0.4, 0.5) is 39.5 Å². The topological polar surface area (TPSA) is 228 Å². The van der Waals surface area contributed by atoms with Crippen molar-refractivity contribution in [3.63, 3.8) is 0 Å². The van der Waals surface area contributed by atoms with E-state index < -0.39 is 54.3 Å². The summed E-state index contributed by atoms with van der Waals surface area (Å²) in [5.41, 5.74) is 22.7. The summed E-state index contributed by atoms with van der Waals surface area (Å²) in [7, 11) is 0. The number of ether oxygens (including phenoxy) is 3. The van der Waals surface area contributed by atoms with E-state index in [0.29, 0.717) is 125 Å². The molecule has 9 heterocycles. The van der Waals surface area contributed by atoms with Gasteiger partial charge in [0.1, 0.15) is 34.8 Å². The van der Waals surface area contributed by atoms with Crippen molar-refractivity contribution in [1.82, 2.24) is 29.7 Å². The Morgan fingerprint density at radius 2 is 0.620 bits per heavy atom. The summed E-state index contributed by atoms with van der Waals surface area (Å²) < 4.78 is 133. The molecular weight excluding hydrogens is 1300 g/mol. The van der Waals surface area contributed by atoms with Gasteiger partial charge >= 0.3 is 19.8 Å². The summed E-state index contributed by atoms with van der Waals surface area (Å²) in [4.78, 5) is 45.6. The van der Waals surface area contributed by atoms with Crippen LogP contribution in [0.1, 0.15) is 52.6 Å². The molecule has 0 saturated carbocycles. The third kappa shape index (κ3) is 13.1. The van der Waals surface area contributed by atoms with Crippen LogP contribution in [0.2, 0.25) is 0 Å². The maximum atomic E-state index is 14.4. The van der Waals surface area contributed by atoms with Gasteiger partial charge in [-0.2, -0.15) is 39.5 Å². The first-order valence-corrected chi connectivity index (χ1v) is 31.3. The first-order valence-electron chi connectivity index (χ1n) is 31.3. The zero-order valence-electron chi connectivity index (χ0n) is 53.0. The number of aromatic nitrogens is 3. The Kier molecular flexibility index (Phi) is 19.7. The molecule has 6 N–H and O–H groups in total. The van der Waals surface area contributed by atoms with Crippen LogP contribution in [0.5, 0.6) is 17.2 Å². The van der Waals surface area contributed by atoms with E-state index in [-0.39, 0.29) is 25.7 Å². The van der Waals surface area contributed by atoms with E-state index >= 15 is 0 Å². The van der Waals surface area contributed by atoms with Gasteiger partial charge in [-0.1, -0.05) is 91.0 Å². The van der Waals surface area contributed by atoms with E-state index in [0.717, 1.165) is 36.0 Å². The molecule has 1 unspecified atom stereocenters. The SMILES string of the molecule is NC1=NC(c2ccc(OC(F)F)cc2)(c2cccc(-c3cccnc3F)c2)C2=NCCCN12.NC1=N[C@@](c2ccc(OC(F)F)cc2)(c2cccc(-c3cccnc3F)c2)C2=NCCCN12.NC1=N[C@](c2ccc(OC(F)F)cc2)(c2cccc(-c3cccnc3F)c2)C2=NCCCN12.[B]. The maximum Gasteiger partial charge on any atom is 0.387 e. The van der Waals surface area contributed by atoms with E-state index in [1.807, 2.05) is 69.3 Å². The molecule has 0 saturated heterocycles. The number of rotatable bonds is 15. The van der Waals surface area contributed by atoms with E-state index in [2.05, 4.69) is 29.2 Å². The summed E-state index contributed by atoms with van der Waals surface area (Å²) in [6, 6.07) is 50.7. The van der Waals surface area contributed by atoms with Gasteiger partial charge in [0, 0.05) is 83.0 Å². The summed E-state index contributed by atoms with van der Waals surface area (Å²) in [5, 5.41) is 0. The molecule has 3 aromatic heterocycles. The maximum absolute atomic E-state index is 14.4. The van der Waals surface area contributed by atoms with Crippen LogP contribution in [0.15, 0.2) is 231 Å². The van der Waals surface area contributed by atoms with Gasteiger partial charge in [-0.25, -0.2) is 29.9 Å². The van der Waals surface area contributed by atoms with Crippen molar-refractivity contribution >= 4 is 43.8 Å². The van der Waals surface area contributed by atoms with Crippen molar-refractivity contribution in [2.45, 2.75) is 55.7 Å². The van der Waals surface area contributed by atoms with Crippen molar-refractivity contribution in [1.29, 1.82) is 0 Å². The van der Waals surface area contributed by atoms with Gasteiger partial charge in [-0.05, 0) is 160 Å². The highest BCUT2D eigenvalue weighted by Crippen LogP contribution is 2.47. The molecule has 28 heteroatoms. The lowest BCUT2D eigenvalue weighted by atomic mass is 9.81. The number of pyridine rings is 3. The Bertz CT molecular complexity index is 4210. The molecular formula is C72H60BF9N15O3. The molecule has 507 valence electrons. The Morgan fingerprint density at radius 1 is 0.350 bits per heavy atom. The molecule has 18 nitrogen and oxygen atoms in total. The van der Waals surface area contributed by atoms with Crippen molar-refractivity contribution in [2.75, 3.05) is 39.3 Å². The first kappa shape index (κ1) is 68.4. The predicted molar refractivity (Wildman–Crippen MR) is 362 cm³/mol. The van der Waals surface area contributed by atoms with Crippen LogP contribution in [-0.2, 0) is 16.6 Å². The number of hydrogen-bond donors (Lipinski definition) is 3. The number of alkyl halides is 6. The molecule has 3 radical (unpaired) electrons. The Labute approximate surface area is 569 Å². The van der Waals surface area contributed by atoms with Crippen molar-refractivity contribution in [3.8, 4) is 50.6 Å². The molecule has 0 bridgehead atoms. The van der Waals surface area contributed by atoms with Gasteiger partial charge in [-0.15, -0.1) is 0 Å². The van der Waals surface area contributed by atoms with Crippen molar-refractivity contribution in [2.24, 2.45) is 47.2 Å². The van der Waals surface area contributed by atoms with E-state index in [1.165, 1.54) is 55.0 Å². The van der Waals surface area contributed by atoms with Crippen LogP contribution in [0, 0.1) is 17.8 Å². The molecule has 15 rings (SSSR count). The number of nitrogens with two attached hydrogens (primary N) is 3. The molecule has 9 aromatic rings. The molecule has 0 spiro atoms. The summed E-state index contributed by atoms with van der Waals surface area (Å²) in [6.45, 7) is -4.93. The van der Waals surface area contributed by atoms with E-state index in [9.17, 15) is 39.5 Å². The van der Waals surface area contributed by atoms with Gasteiger partial charge in [0.05, 0.1) is 0 Å². The number of benzene rings is 6. The van der Waals surface area contributed by atoms with E-state index in [1.54, 1.807) is 91.0 Å². The summed E-state index contributed by atoms with van der Waals surface area (Å²) in [6.07, 6.45) is 6.67. The van der Waals surface area contributed by atoms with Crippen LogP contribution < -0.4 is 31.4 Å². The third-order valence-electron chi connectivity index (χ3n) is 17.4. The minimum atomic E-state index is -2.92. The second-order valence-electron chi connectivity index (χ2n) is 23.1. The quantitative estimate of drug-likeness (QED) is 0.0495. The third-order valence-corrected chi connectivity index (χ3v) is 17.4. The van der Waals surface area contributed by atoms with Gasteiger partial charge in [0.15, 0.2) is 34.5 Å². The number of fused-ring (bicyclic) bond motifs is 3. The van der Waals surface area contributed by atoms with Gasteiger partial charge < -0.3 is 31.4 Å². The Morgan fingerprint density at radius 3 is 0.870 bits per heavy atom. The molecule has 0 amide bonds. The lowest BCUT2D eigenvalue weighted by Crippen LogP contribution is -2.46. The molecule has 6 aromatic carbocycles. The summed E-state index contributed by atoms with van der Waals surface area (Å²) in [5.74, 6) is 1.27. The highest BCUT2D eigenvalue weighted by atomic mass is 19.3. The standard InChI is InChI=1S/3C24H20F3N5O.B/c3*25-20-19(6-2-11-29-20)15-4-1-5-17(14-15)24(16-7-9-18(10-8-16)33-22(26)27)21-30-12-3-13-32(21)23(28)31-24;/h3*1-2,4-11,14,22H,3,12-13H2,(H2,28,31);/t2*24-;;/m10../s1. The zero-order chi connectivity index (χ0) is 69.0. The molecule has 6 aliphatic heterocycles. The van der Waals surface area contributed by atoms with Crippen LogP contribution in [0.3, 0.4) is 0 Å². The van der Waals surface area contributed by atoms with E-state index in [4.69, 9.17) is 47.2 Å². The van der Waals surface area contributed by atoms with Crippen molar-refractivity contribution < 1.29 is 53.7 Å². The number of halogens is 9. The lowest BCUT2D eigenvalue weighted by Gasteiger charge is -2.33. The molecule has 0 fully saturated rings. The number of hydrogen-bond acceptors (Lipinski definition) is 18. The largest absolute Gasteiger partial charge is 0.435 e. The fourth-order valence-corrected chi connectivity index (χ4v) is 13.1. The zero-order valence-corrected chi connectivity index (χ0v) is 53.0. The fraction of sp³-hybridized carbons (Fsp3) is 0.208. The van der Waals surface area contributed by atoms with Gasteiger partial charge in [-0.3, -0.25) is 29.7 Å². The Balaban J connectivity index is 0.000000141. The van der Waals surface area contributed by atoms with Crippen molar-refractivity contribution in [3.05, 3.63) is 252 Å². The highest BCUT2D eigenvalue weighted by Gasteiger charge is 2.52. The van der Waals surface area contributed by atoms with Crippen LogP contribution in [0.25, 0.3) is 33.4 Å². The van der Waals surface area contributed by atoms with Gasteiger partial charge in [0.25, 0.3) is 0 Å². The average molecular weight is 1370 g/mol. The second kappa shape index (κ2) is 28.9. The highest BCUT2D eigenvalue weighted by molar-refractivity contribution is 6.14. The van der Waals surface area contributed by atoms with Crippen LogP contribution >= 0.6 is 0 Å². The second-order valence-corrected chi connectivity index (χ2v) is 23.1. The molecule has 3 atom stereocenters. The first-order chi connectivity index (χ1) is 48.0. The number of guanidine groups is 3. The predicted octanol–water partition coefficient (Wildman–Crippen LogP) is 12.1.